The third-order valence-electron chi connectivity index (χ3n) is 3.14. The second kappa shape index (κ2) is 7.13. The monoisotopic (exact) mass is 322 g/mol. The SMILES string of the molecule is COc1ccc(C(C)NC(=O)Nc2ccc(Cl)cc2F)cc1. The molecule has 116 valence electrons. The first-order valence-electron chi connectivity index (χ1n) is 6.66. The standard InChI is InChI=1S/C16H16ClFN2O2/c1-10(11-3-6-13(22-2)7-4-11)19-16(21)20-15-8-5-12(17)9-14(15)18/h3-10H,1-2H3,(H2,19,20,21). The molecule has 0 saturated heterocycles. The molecule has 1 unspecified atom stereocenters. The fourth-order valence-electron chi connectivity index (χ4n) is 1.92. The Balaban J connectivity index is 1.98. The van der Waals surface area contributed by atoms with Crippen LogP contribution in [0, 0.1) is 5.82 Å². The highest BCUT2D eigenvalue weighted by molar-refractivity contribution is 6.30. The molecule has 0 fully saturated rings. The molecule has 6 heteroatoms. The summed E-state index contributed by atoms with van der Waals surface area (Å²) >= 11 is 5.66. The maximum Gasteiger partial charge on any atom is 0.319 e. The van der Waals surface area contributed by atoms with Crippen LogP contribution in [0.25, 0.3) is 0 Å². The smallest absolute Gasteiger partial charge is 0.319 e. The lowest BCUT2D eigenvalue weighted by molar-refractivity contribution is 0.249. The molecule has 0 heterocycles. The van der Waals surface area contributed by atoms with E-state index in [1.807, 2.05) is 31.2 Å². The van der Waals surface area contributed by atoms with Gasteiger partial charge in [-0.15, -0.1) is 0 Å². The maximum atomic E-state index is 13.6. The van der Waals surface area contributed by atoms with Crippen molar-refractivity contribution in [1.29, 1.82) is 0 Å². The molecule has 0 aromatic heterocycles. The minimum absolute atomic E-state index is 0.0730. The summed E-state index contributed by atoms with van der Waals surface area (Å²) in [6.45, 7) is 1.83. The van der Waals surface area contributed by atoms with Crippen LogP contribution in [0.15, 0.2) is 42.5 Å². The number of carbonyl (C=O) groups excluding carboxylic acids is 1. The van der Waals surface area contributed by atoms with E-state index in [9.17, 15) is 9.18 Å². The van der Waals surface area contributed by atoms with Gasteiger partial charge in [0, 0.05) is 5.02 Å². The summed E-state index contributed by atoms with van der Waals surface area (Å²) in [5.41, 5.74) is 0.983. The number of amides is 2. The summed E-state index contributed by atoms with van der Waals surface area (Å²) in [5.74, 6) is 0.156. The molecule has 0 bridgehead atoms. The molecule has 0 aliphatic heterocycles. The molecular formula is C16H16ClFN2O2. The van der Waals surface area contributed by atoms with Crippen molar-refractivity contribution in [3.05, 3.63) is 58.9 Å². The highest BCUT2D eigenvalue weighted by atomic mass is 35.5. The van der Waals surface area contributed by atoms with E-state index in [1.165, 1.54) is 12.1 Å². The van der Waals surface area contributed by atoms with Gasteiger partial charge in [-0.2, -0.15) is 0 Å². The van der Waals surface area contributed by atoms with Crippen LogP contribution in [0.2, 0.25) is 5.02 Å². The molecule has 0 radical (unpaired) electrons. The van der Waals surface area contributed by atoms with Gasteiger partial charge in [0.1, 0.15) is 11.6 Å². The highest BCUT2D eigenvalue weighted by Gasteiger charge is 2.11. The van der Waals surface area contributed by atoms with Crippen molar-refractivity contribution in [3.8, 4) is 5.75 Å². The van der Waals surface area contributed by atoms with E-state index in [1.54, 1.807) is 7.11 Å². The van der Waals surface area contributed by atoms with Gasteiger partial charge in [-0.3, -0.25) is 0 Å². The van der Waals surface area contributed by atoms with Gasteiger partial charge in [-0.1, -0.05) is 23.7 Å². The predicted octanol–water partition coefficient (Wildman–Crippen LogP) is 4.37. The number of benzene rings is 2. The molecule has 1 atom stereocenters. The Morgan fingerprint density at radius 1 is 1.23 bits per heavy atom. The first-order valence-corrected chi connectivity index (χ1v) is 7.04. The van der Waals surface area contributed by atoms with Crippen LogP contribution in [-0.2, 0) is 0 Å². The maximum absolute atomic E-state index is 13.6. The average Bonchev–Trinajstić information content (AvgIpc) is 2.50. The summed E-state index contributed by atoms with van der Waals surface area (Å²) in [4.78, 5) is 11.9. The van der Waals surface area contributed by atoms with Gasteiger partial charge in [0.2, 0.25) is 0 Å². The molecule has 4 nitrogen and oxygen atoms in total. The topological polar surface area (TPSA) is 50.4 Å². The Kier molecular flexibility index (Phi) is 5.22. The zero-order valence-corrected chi connectivity index (χ0v) is 12.9. The zero-order chi connectivity index (χ0) is 16.1. The molecule has 2 aromatic carbocycles. The van der Waals surface area contributed by atoms with E-state index in [0.717, 1.165) is 17.4 Å². The molecule has 2 rings (SSSR count). The number of urea groups is 1. The lowest BCUT2D eigenvalue weighted by Gasteiger charge is -2.15. The molecular weight excluding hydrogens is 307 g/mol. The van der Waals surface area contributed by atoms with E-state index in [-0.39, 0.29) is 16.8 Å². The molecule has 0 spiro atoms. The number of methoxy groups -OCH3 is 1. The summed E-state index contributed by atoms with van der Waals surface area (Å²) < 4.78 is 18.7. The first-order chi connectivity index (χ1) is 10.5. The van der Waals surface area contributed by atoms with Crippen LogP contribution in [0.1, 0.15) is 18.5 Å². The van der Waals surface area contributed by atoms with Crippen LogP contribution < -0.4 is 15.4 Å². The van der Waals surface area contributed by atoms with Gasteiger partial charge >= 0.3 is 6.03 Å². The molecule has 2 aromatic rings. The van der Waals surface area contributed by atoms with Crippen molar-refractivity contribution in [3.63, 3.8) is 0 Å². The number of anilines is 1. The summed E-state index contributed by atoms with van der Waals surface area (Å²) in [5, 5.41) is 5.46. The summed E-state index contributed by atoms with van der Waals surface area (Å²) in [7, 11) is 1.59. The number of hydrogen-bond donors (Lipinski definition) is 2. The van der Waals surface area contributed by atoms with Gasteiger partial charge in [-0.05, 0) is 42.8 Å². The Morgan fingerprint density at radius 2 is 1.91 bits per heavy atom. The molecule has 0 saturated carbocycles. The lowest BCUT2D eigenvalue weighted by Crippen LogP contribution is -2.31. The van der Waals surface area contributed by atoms with E-state index < -0.39 is 11.8 Å². The van der Waals surface area contributed by atoms with Crippen molar-refractivity contribution in [2.75, 3.05) is 12.4 Å². The quantitative estimate of drug-likeness (QED) is 0.878. The van der Waals surface area contributed by atoms with Crippen LogP contribution in [0.3, 0.4) is 0 Å². The number of carbonyl (C=O) groups is 1. The van der Waals surface area contributed by atoms with Crippen molar-refractivity contribution in [1.82, 2.24) is 5.32 Å². The molecule has 0 aliphatic carbocycles. The highest BCUT2D eigenvalue weighted by Crippen LogP contribution is 2.20. The van der Waals surface area contributed by atoms with Crippen LogP contribution in [-0.4, -0.2) is 13.1 Å². The van der Waals surface area contributed by atoms with Gasteiger partial charge < -0.3 is 15.4 Å². The lowest BCUT2D eigenvalue weighted by atomic mass is 10.1. The van der Waals surface area contributed by atoms with Crippen molar-refractivity contribution >= 4 is 23.3 Å². The number of halogens is 2. The molecule has 2 amide bonds. The van der Waals surface area contributed by atoms with Gasteiger partial charge in [-0.25, -0.2) is 9.18 Å². The molecule has 0 aliphatic rings. The van der Waals surface area contributed by atoms with Crippen molar-refractivity contribution in [2.45, 2.75) is 13.0 Å². The minimum Gasteiger partial charge on any atom is -0.497 e. The number of nitrogens with one attached hydrogen (secondary N) is 2. The third-order valence-corrected chi connectivity index (χ3v) is 3.38. The van der Waals surface area contributed by atoms with Gasteiger partial charge in [0.05, 0.1) is 18.8 Å². The summed E-state index contributed by atoms with van der Waals surface area (Å²) in [6.07, 6.45) is 0. The average molecular weight is 323 g/mol. The largest absolute Gasteiger partial charge is 0.497 e. The van der Waals surface area contributed by atoms with E-state index >= 15 is 0 Å². The van der Waals surface area contributed by atoms with Gasteiger partial charge in [0.25, 0.3) is 0 Å². The molecule has 2 N–H and O–H groups in total. The normalized spacial score (nSPS) is 11.6. The molecule has 22 heavy (non-hydrogen) atoms. The third kappa shape index (κ3) is 4.11. The Hall–Kier alpha value is -2.27. The fraction of sp³-hybridized carbons (Fsp3) is 0.188. The predicted molar refractivity (Wildman–Crippen MR) is 85.0 cm³/mol. The number of hydrogen-bond acceptors (Lipinski definition) is 2. The zero-order valence-electron chi connectivity index (χ0n) is 12.2. The van der Waals surface area contributed by atoms with Crippen LogP contribution >= 0.6 is 11.6 Å². The van der Waals surface area contributed by atoms with Crippen LogP contribution in [0.5, 0.6) is 5.75 Å². The fourth-order valence-corrected chi connectivity index (χ4v) is 2.08. The van der Waals surface area contributed by atoms with Crippen molar-refractivity contribution < 1.29 is 13.9 Å². The second-order valence-corrected chi connectivity index (χ2v) is 5.15. The second-order valence-electron chi connectivity index (χ2n) is 4.72. The van der Waals surface area contributed by atoms with Crippen molar-refractivity contribution in [2.24, 2.45) is 0 Å². The van der Waals surface area contributed by atoms with Gasteiger partial charge in [0.15, 0.2) is 0 Å². The Morgan fingerprint density at radius 3 is 2.50 bits per heavy atom. The van der Waals surface area contributed by atoms with E-state index in [4.69, 9.17) is 16.3 Å². The van der Waals surface area contributed by atoms with E-state index in [0.29, 0.717) is 0 Å². The van der Waals surface area contributed by atoms with E-state index in [2.05, 4.69) is 10.6 Å². The minimum atomic E-state index is -0.584. The Labute approximate surface area is 133 Å². The first kappa shape index (κ1) is 16.1. The van der Waals surface area contributed by atoms with Crippen LogP contribution in [0.4, 0.5) is 14.9 Å². The summed E-state index contributed by atoms with van der Waals surface area (Å²) in [6, 6.07) is 10.7. The Bertz CT molecular complexity index is 662. The number of ether oxygens (including phenoxy) is 1. The number of rotatable bonds is 4.